The maximum Gasteiger partial charge on any atom is 0.148 e. The average Bonchev–Trinajstić information content (AvgIpc) is 1.61. The molecule has 0 unspecified atom stereocenters. The Morgan fingerprint density at radius 3 is 1.45 bits per heavy atom. The first kappa shape index (κ1) is 59.6. The fourth-order valence-electron chi connectivity index (χ4n) is 12.0. The number of hydrogen-bond acceptors (Lipinski definition) is 3. The van der Waals surface area contributed by atoms with Crippen molar-refractivity contribution in [3.05, 3.63) is 234 Å². The van der Waals surface area contributed by atoms with Crippen LogP contribution >= 0.6 is 0 Å². The van der Waals surface area contributed by atoms with Crippen molar-refractivity contribution in [2.75, 3.05) is 0 Å². The topological polar surface area (TPSA) is 55.9 Å². The molecule has 0 aliphatic carbocycles. The molecule has 436 valence electrons. The summed E-state index contributed by atoms with van der Waals surface area (Å²) in [6, 6.07) is 74.7. The molecule has 86 heavy (non-hydrogen) atoms. The van der Waals surface area contributed by atoms with E-state index in [9.17, 15) is 5.11 Å². The minimum absolute atomic E-state index is 0. The smallest absolute Gasteiger partial charge is 0.148 e. The molecule has 9 aromatic carbocycles. The number of rotatable bonds is 8. The fourth-order valence-corrected chi connectivity index (χ4v) is 12.0. The van der Waals surface area contributed by atoms with E-state index in [4.69, 9.17) is 9.97 Å². The predicted molar refractivity (Wildman–Crippen MR) is 360 cm³/mol. The number of hydrogen-bond donors (Lipinski definition) is 1. The number of fused-ring (bicyclic) bond motifs is 4. The molecule has 0 saturated heterocycles. The van der Waals surface area contributed by atoms with Gasteiger partial charge in [0.1, 0.15) is 11.6 Å². The largest absolute Gasteiger partial charge is 0.507 e. The number of aromatic nitrogens is 4. The van der Waals surface area contributed by atoms with Crippen molar-refractivity contribution in [1.82, 2.24) is 19.1 Å². The standard InChI is InChI=1S/C80H79N4O.Pt/c1-76(2,3)57-34-30-50(31-35-57)53-40-54(51-32-36-58(37-33-51)77(4,5)6)45-62(44-53)83-70-27-18-16-22-66(70)67-26-20-25-65(74(67)83)52-38-39-81-69(46-52)56-41-55(42-59(43-56)78(7,8)9)64-24-21-28-71-73(64)82-75(68-23-17-19-29-72(68)85)84(71)63-48-60(79(10,11)12)47-61(49-63)80(13,14)15;/h16-40,42-49,85H,1-15H3;/q-1;. The van der Waals surface area contributed by atoms with Crippen LogP contribution in [0.5, 0.6) is 5.75 Å². The van der Waals surface area contributed by atoms with Gasteiger partial charge >= 0.3 is 0 Å². The average molecular weight is 1310 g/mol. The molecule has 0 bridgehead atoms. The molecule has 0 saturated carbocycles. The van der Waals surface area contributed by atoms with E-state index in [-0.39, 0.29) is 53.9 Å². The Balaban J connectivity index is 0.00000768. The quantitative estimate of drug-likeness (QED) is 0.154. The molecule has 12 aromatic rings. The van der Waals surface area contributed by atoms with E-state index >= 15 is 0 Å². The van der Waals surface area contributed by atoms with E-state index in [1.807, 2.05) is 24.4 Å². The first-order valence-electron chi connectivity index (χ1n) is 30.1. The van der Waals surface area contributed by atoms with Gasteiger partial charge in [-0.25, -0.2) is 4.98 Å². The monoisotopic (exact) mass is 1310 g/mol. The van der Waals surface area contributed by atoms with Crippen molar-refractivity contribution < 1.29 is 26.2 Å². The summed E-state index contributed by atoms with van der Waals surface area (Å²) in [5, 5.41) is 13.9. The Bertz CT molecular complexity index is 4430. The molecule has 0 amide bonds. The molecular weight excluding hydrogens is 1230 g/mol. The van der Waals surface area contributed by atoms with Crippen molar-refractivity contribution >= 4 is 32.8 Å². The van der Waals surface area contributed by atoms with Crippen LogP contribution in [-0.2, 0) is 48.1 Å². The number of phenols is 1. The van der Waals surface area contributed by atoms with Crippen LogP contribution in [-0.4, -0.2) is 24.2 Å². The van der Waals surface area contributed by atoms with Crippen LogP contribution in [0.25, 0.3) is 111 Å². The molecule has 12 rings (SSSR count). The first-order valence-corrected chi connectivity index (χ1v) is 30.1. The van der Waals surface area contributed by atoms with Gasteiger partial charge in [-0.3, -0.25) is 9.55 Å². The summed E-state index contributed by atoms with van der Waals surface area (Å²) in [4.78, 5) is 10.7. The Labute approximate surface area is 524 Å². The number of para-hydroxylation sites is 4. The van der Waals surface area contributed by atoms with E-state index in [0.717, 1.165) is 83.6 Å². The second-order valence-electron chi connectivity index (χ2n) is 28.6. The molecular formula is C80H79N4OPt-. The van der Waals surface area contributed by atoms with Crippen molar-refractivity contribution in [3.8, 4) is 84.3 Å². The minimum Gasteiger partial charge on any atom is -0.507 e. The summed E-state index contributed by atoms with van der Waals surface area (Å²) < 4.78 is 4.72. The molecule has 0 aliphatic heterocycles. The van der Waals surface area contributed by atoms with Gasteiger partial charge < -0.3 is 9.67 Å². The Kier molecular flexibility index (Phi) is 15.2. The second-order valence-corrected chi connectivity index (χ2v) is 28.6. The van der Waals surface area contributed by atoms with Gasteiger partial charge in [0.25, 0.3) is 0 Å². The summed E-state index contributed by atoms with van der Waals surface area (Å²) in [6.07, 6.45) is 1.95. The fraction of sp³-hybridized carbons (Fsp3) is 0.250. The summed E-state index contributed by atoms with van der Waals surface area (Å²) in [6.45, 7) is 34.0. The summed E-state index contributed by atoms with van der Waals surface area (Å²) in [5.74, 6) is 0.850. The van der Waals surface area contributed by atoms with Crippen molar-refractivity contribution in [1.29, 1.82) is 0 Å². The van der Waals surface area contributed by atoms with Gasteiger partial charge in [-0.05, 0) is 138 Å². The third kappa shape index (κ3) is 11.3. The van der Waals surface area contributed by atoms with Crippen LogP contribution in [0.1, 0.15) is 132 Å². The Morgan fingerprint density at radius 1 is 0.372 bits per heavy atom. The maximum absolute atomic E-state index is 11.6. The van der Waals surface area contributed by atoms with Crippen LogP contribution in [0.4, 0.5) is 0 Å². The minimum atomic E-state index is -0.218. The number of benzene rings is 9. The van der Waals surface area contributed by atoms with Crippen LogP contribution in [0.2, 0.25) is 0 Å². The van der Waals surface area contributed by atoms with Crippen molar-refractivity contribution in [3.63, 3.8) is 0 Å². The van der Waals surface area contributed by atoms with Crippen LogP contribution in [0.15, 0.2) is 200 Å². The summed E-state index contributed by atoms with van der Waals surface area (Å²) in [5.41, 5.74) is 23.1. The molecule has 3 heterocycles. The van der Waals surface area contributed by atoms with Gasteiger partial charge in [0.2, 0.25) is 0 Å². The zero-order valence-corrected chi connectivity index (χ0v) is 54.9. The van der Waals surface area contributed by atoms with Crippen LogP contribution < -0.4 is 0 Å². The molecule has 0 radical (unpaired) electrons. The van der Waals surface area contributed by atoms with Gasteiger partial charge in [-0.1, -0.05) is 236 Å². The van der Waals surface area contributed by atoms with E-state index in [0.29, 0.717) is 11.4 Å². The SMILES string of the molecule is CC(C)(C)c1ccc(-c2cc(-c3ccc(C(C)(C)C)cc3)cc(-n3c4ccccc4c4cccc(-c5ccnc(-c6[c-]c(-c7cccc8c7nc(-c7ccccc7O)n8-c7cc(C(C)(C)C)cc(C(C)(C)C)c7)cc(C(C)(C)C)c6)c5)c43)c2)cc1.[Pt]. The zero-order valence-electron chi connectivity index (χ0n) is 52.6. The van der Waals surface area contributed by atoms with E-state index in [2.05, 4.69) is 289 Å². The number of phenolic OH excluding ortho intramolecular Hbond substituents is 1. The first-order chi connectivity index (χ1) is 40.2. The molecule has 1 N–H and O–H groups in total. The molecule has 0 spiro atoms. The van der Waals surface area contributed by atoms with Gasteiger partial charge in [0.15, 0.2) is 0 Å². The van der Waals surface area contributed by atoms with Gasteiger partial charge in [-0.2, -0.15) is 0 Å². The van der Waals surface area contributed by atoms with E-state index in [1.165, 1.54) is 44.2 Å². The van der Waals surface area contributed by atoms with Gasteiger partial charge in [0.05, 0.1) is 27.6 Å². The third-order valence-corrected chi connectivity index (χ3v) is 17.1. The molecule has 6 heteroatoms. The second kappa shape index (κ2) is 22.0. The van der Waals surface area contributed by atoms with E-state index < -0.39 is 0 Å². The molecule has 0 atom stereocenters. The Morgan fingerprint density at radius 2 is 0.860 bits per heavy atom. The van der Waals surface area contributed by atoms with Gasteiger partial charge in [0, 0.05) is 60.7 Å². The molecule has 0 fully saturated rings. The van der Waals surface area contributed by atoms with E-state index in [1.54, 1.807) is 6.07 Å². The van der Waals surface area contributed by atoms with Crippen molar-refractivity contribution in [2.24, 2.45) is 0 Å². The predicted octanol–water partition coefficient (Wildman–Crippen LogP) is 21.5. The number of nitrogens with zero attached hydrogens (tertiary/aromatic N) is 4. The zero-order chi connectivity index (χ0) is 60.1. The number of pyridine rings is 1. The normalized spacial score (nSPS) is 12.5. The summed E-state index contributed by atoms with van der Waals surface area (Å²) >= 11 is 0. The third-order valence-electron chi connectivity index (χ3n) is 17.1. The molecule has 3 aromatic heterocycles. The number of aromatic hydroxyl groups is 1. The van der Waals surface area contributed by atoms with Crippen LogP contribution in [0, 0.1) is 6.07 Å². The van der Waals surface area contributed by atoms with Crippen molar-refractivity contribution in [2.45, 2.75) is 131 Å². The number of imidazole rings is 1. The Hall–Kier alpha value is -8.11. The molecule has 5 nitrogen and oxygen atoms in total. The van der Waals surface area contributed by atoms with Crippen LogP contribution in [0.3, 0.4) is 0 Å². The summed E-state index contributed by atoms with van der Waals surface area (Å²) in [7, 11) is 0. The van der Waals surface area contributed by atoms with Gasteiger partial charge in [-0.15, -0.1) is 29.3 Å². The molecule has 0 aliphatic rings. The maximum atomic E-state index is 11.6.